The fourth-order valence-corrected chi connectivity index (χ4v) is 8.50. The summed E-state index contributed by atoms with van der Waals surface area (Å²) in [4.78, 5) is 131. The standard InChI is InChI=1S/C35H36N6O14S.Na/c1-5-39-13-14-40(27(47)26(39)46)35(37-18-43,22-9-7-6-8-10-22)30(51)38-34(36-17-42)31(52)41-25(28(48)49)33(4,56-32(34)41)16-53-29(50)21-11-12-23(54-19(2)44)24(15-21)55-20(3)45;/h6-12,15,17-18,25,32H,5,13-14,16H2,1-4H3,(H,36,42)(H,37,43)(H,38,51)(H,48,49);/q;+1/p-1/t25?,32-,33-,34+,35+;/m0./s1. The number of rotatable bonds is 15. The summed E-state index contributed by atoms with van der Waals surface area (Å²) >= 11 is 0.722. The molecule has 0 radical (unpaired) electrons. The Kier molecular flexibility index (Phi) is 13.4. The van der Waals surface area contributed by atoms with Gasteiger partial charge in [0.05, 0.1) is 22.3 Å². The summed E-state index contributed by atoms with van der Waals surface area (Å²) in [5.74, 6) is -9.36. The number of esters is 3. The zero-order chi connectivity index (χ0) is 41.2. The molecule has 0 bridgehead atoms. The van der Waals surface area contributed by atoms with Gasteiger partial charge in [0.15, 0.2) is 11.5 Å². The van der Waals surface area contributed by atoms with Gasteiger partial charge in [0, 0.05) is 39.0 Å². The second-order valence-corrected chi connectivity index (χ2v) is 14.5. The molecule has 0 aliphatic carbocycles. The van der Waals surface area contributed by atoms with Gasteiger partial charge in [0.25, 0.3) is 11.8 Å². The molecule has 5 rings (SSSR count). The third-order valence-electron chi connectivity index (χ3n) is 9.31. The molecule has 6 amide bonds. The first kappa shape index (κ1) is 44.2. The summed E-state index contributed by atoms with van der Waals surface area (Å²) in [6, 6.07) is 8.93. The monoisotopic (exact) mass is 818 g/mol. The summed E-state index contributed by atoms with van der Waals surface area (Å²) in [7, 11) is 0. The Morgan fingerprint density at radius 2 is 1.60 bits per heavy atom. The number of likely N-dealkylation sites (N-methyl/N-ethyl adjacent to an activating group) is 1. The normalized spacial score (nSPS) is 23.4. The quantitative estimate of drug-likeness (QED) is 0.0288. The molecule has 3 saturated heterocycles. The van der Waals surface area contributed by atoms with E-state index in [-0.39, 0.29) is 84.6 Å². The van der Waals surface area contributed by atoms with E-state index in [2.05, 4.69) is 16.0 Å². The third-order valence-corrected chi connectivity index (χ3v) is 11.0. The van der Waals surface area contributed by atoms with Crippen LogP contribution >= 0.6 is 11.8 Å². The maximum absolute atomic E-state index is 14.7. The fraction of sp³-hybridized carbons (Fsp3) is 0.371. The number of hydrogen-bond donors (Lipinski definition) is 3. The Labute approximate surface area is 350 Å². The van der Waals surface area contributed by atoms with Gasteiger partial charge in [-0.1, -0.05) is 30.3 Å². The van der Waals surface area contributed by atoms with E-state index in [1.54, 1.807) is 13.0 Å². The van der Waals surface area contributed by atoms with E-state index in [1.165, 1.54) is 48.2 Å². The number of carbonyl (C=O) groups excluding carboxylic acids is 10. The molecular formula is C35H35N6NaO14S. The van der Waals surface area contributed by atoms with Gasteiger partial charge in [0.1, 0.15) is 12.0 Å². The largest absolute Gasteiger partial charge is 1.00 e. The Balaban J connectivity index is 0.00000720. The maximum Gasteiger partial charge on any atom is 1.00 e. The molecule has 296 valence electrons. The Morgan fingerprint density at radius 3 is 2.18 bits per heavy atom. The van der Waals surface area contributed by atoms with Crippen molar-refractivity contribution in [1.29, 1.82) is 0 Å². The zero-order valence-electron chi connectivity index (χ0n) is 31.2. The molecule has 2 aromatic carbocycles. The van der Waals surface area contributed by atoms with Gasteiger partial charge in [-0.2, -0.15) is 0 Å². The van der Waals surface area contributed by atoms with Crippen LogP contribution in [-0.4, -0.2) is 123 Å². The van der Waals surface area contributed by atoms with Crippen molar-refractivity contribution >= 4 is 72.1 Å². The fourth-order valence-electron chi connectivity index (χ4n) is 6.79. The molecule has 1 unspecified atom stereocenters. The first-order valence-corrected chi connectivity index (χ1v) is 17.7. The van der Waals surface area contributed by atoms with Crippen molar-refractivity contribution in [2.24, 2.45) is 0 Å². The predicted molar refractivity (Wildman–Crippen MR) is 186 cm³/mol. The van der Waals surface area contributed by atoms with Crippen LogP contribution in [0.5, 0.6) is 11.5 Å². The van der Waals surface area contributed by atoms with Gasteiger partial charge in [-0.25, -0.2) is 4.79 Å². The summed E-state index contributed by atoms with van der Waals surface area (Å²) in [5.41, 5.74) is -5.10. The molecule has 20 nitrogen and oxygen atoms in total. The van der Waals surface area contributed by atoms with E-state index in [0.29, 0.717) is 0 Å². The number of carboxylic acids is 1. The van der Waals surface area contributed by atoms with E-state index in [0.717, 1.165) is 41.5 Å². The van der Waals surface area contributed by atoms with Crippen molar-refractivity contribution in [2.45, 2.75) is 55.2 Å². The van der Waals surface area contributed by atoms with Crippen molar-refractivity contribution in [3.63, 3.8) is 0 Å². The Bertz CT molecular complexity index is 2020. The van der Waals surface area contributed by atoms with E-state index in [9.17, 15) is 53.1 Å². The van der Waals surface area contributed by atoms with E-state index < -0.39 is 81.6 Å². The smallest absolute Gasteiger partial charge is 0.548 e. The molecular weight excluding hydrogens is 783 g/mol. The third kappa shape index (κ3) is 7.91. The number of ether oxygens (including phenoxy) is 3. The second-order valence-electron chi connectivity index (χ2n) is 12.8. The molecule has 3 fully saturated rings. The minimum atomic E-state index is -2.47. The van der Waals surface area contributed by atoms with Crippen LogP contribution in [-0.2, 0) is 53.6 Å². The molecule has 22 heteroatoms. The van der Waals surface area contributed by atoms with Crippen LogP contribution in [0.4, 0.5) is 0 Å². The van der Waals surface area contributed by atoms with Crippen molar-refractivity contribution in [2.75, 3.05) is 26.2 Å². The number of hydrogen-bond acceptors (Lipinski definition) is 15. The van der Waals surface area contributed by atoms with Gasteiger partial charge >= 0.3 is 59.3 Å². The minimum absolute atomic E-state index is 0. The van der Waals surface area contributed by atoms with Crippen molar-refractivity contribution in [3.8, 4) is 11.5 Å². The topological polar surface area (TPSA) is 267 Å². The van der Waals surface area contributed by atoms with Gasteiger partial charge in [0.2, 0.25) is 24.1 Å². The number of thioether (sulfide) groups is 1. The molecule has 0 aromatic heterocycles. The van der Waals surface area contributed by atoms with Crippen LogP contribution in [0.2, 0.25) is 0 Å². The molecule has 0 saturated carbocycles. The number of piperazine rings is 1. The summed E-state index contributed by atoms with van der Waals surface area (Å²) in [6.45, 7) is 4.34. The number of aliphatic carboxylic acids is 1. The first-order chi connectivity index (χ1) is 26.5. The van der Waals surface area contributed by atoms with Gasteiger partial charge in [-0.3, -0.25) is 43.3 Å². The average molecular weight is 819 g/mol. The molecule has 2 aromatic rings. The average Bonchev–Trinajstić information content (AvgIpc) is 3.45. The number of carbonyl (C=O) groups is 10. The van der Waals surface area contributed by atoms with Crippen molar-refractivity contribution < 1.29 is 96.8 Å². The molecule has 3 aliphatic rings. The Hall–Kier alpha value is -5.51. The predicted octanol–water partition coefficient (Wildman–Crippen LogP) is -5.66. The minimum Gasteiger partial charge on any atom is -0.548 e. The SMILES string of the molecule is CCN1CCN([C@@](NC=O)(C(=O)N[C@]2(NC=O)C(=O)N3C(C(=O)[O-])[C@](C)(COC(=O)c4ccc(OC(C)=O)c(OC(C)=O)c4)S[C@H]32)c2ccccc2)C(=O)C1=O.[Na+]. The number of nitrogens with one attached hydrogen (secondary N) is 3. The number of β-lactam (4-membered cyclic amide) rings is 1. The van der Waals surface area contributed by atoms with Gasteiger partial charge < -0.3 is 49.9 Å². The van der Waals surface area contributed by atoms with Gasteiger partial charge in [-0.05, 0) is 32.0 Å². The first-order valence-electron chi connectivity index (χ1n) is 16.8. The number of nitrogens with zero attached hydrogens (tertiary/aromatic N) is 3. The second kappa shape index (κ2) is 17.3. The number of amides is 6. The summed E-state index contributed by atoms with van der Waals surface area (Å²) < 4.78 is 13.8. The molecule has 3 aliphatic heterocycles. The maximum atomic E-state index is 14.7. The zero-order valence-corrected chi connectivity index (χ0v) is 34.0. The van der Waals surface area contributed by atoms with E-state index in [4.69, 9.17) is 14.2 Å². The summed E-state index contributed by atoms with van der Waals surface area (Å²) in [6.07, 6.45) is 0.193. The number of fused-ring (bicyclic) bond motifs is 1. The van der Waals surface area contributed by atoms with E-state index >= 15 is 0 Å². The van der Waals surface area contributed by atoms with Gasteiger partial charge in [-0.15, -0.1) is 11.8 Å². The summed E-state index contributed by atoms with van der Waals surface area (Å²) in [5, 5.41) is 18.3. The molecule has 0 spiro atoms. The Morgan fingerprint density at radius 1 is 0.947 bits per heavy atom. The van der Waals surface area contributed by atoms with E-state index in [1.807, 2.05) is 0 Å². The molecule has 5 atom stereocenters. The number of benzene rings is 2. The molecule has 3 heterocycles. The van der Waals surface area contributed by atoms with Crippen LogP contribution in [0.15, 0.2) is 48.5 Å². The molecule has 57 heavy (non-hydrogen) atoms. The van der Waals surface area contributed by atoms with Crippen LogP contribution in [0.25, 0.3) is 0 Å². The number of carboxylic acid groups (broad SMARTS) is 1. The van der Waals surface area contributed by atoms with Crippen LogP contribution in [0.1, 0.15) is 43.6 Å². The van der Waals surface area contributed by atoms with Crippen LogP contribution < -0.4 is 60.1 Å². The van der Waals surface area contributed by atoms with Crippen molar-refractivity contribution in [1.82, 2.24) is 30.7 Å². The van der Waals surface area contributed by atoms with Crippen LogP contribution in [0, 0.1) is 0 Å². The van der Waals surface area contributed by atoms with Crippen molar-refractivity contribution in [3.05, 3.63) is 59.7 Å². The van der Waals surface area contributed by atoms with Crippen LogP contribution in [0.3, 0.4) is 0 Å². The molecule has 3 N–H and O–H groups in total.